The highest BCUT2D eigenvalue weighted by atomic mass is 14.7. The Morgan fingerprint density at radius 3 is 2.06 bits per heavy atom. The predicted molar refractivity (Wildman–Crippen MR) is 67.9 cm³/mol. The summed E-state index contributed by atoms with van der Waals surface area (Å²) in [6.45, 7) is 5.67. The van der Waals surface area contributed by atoms with Gasteiger partial charge in [-0.2, -0.15) is 0 Å². The minimum absolute atomic E-state index is 0.924. The van der Waals surface area contributed by atoms with E-state index in [1.165, 1.54) is 0 Å². The standard InChI is InChI=1S/C7H9N.C7H7N/c2*1-2-7-5-3-4-6-8-7/h3-6H,2H2,1H3;2-6H,1H2. The maximum Gasteiger partial charge on any atom is 0.0623 e. The molecular formula is C14H16N2. The second-order valence-corrected chi connectivity index (χ2v) is 3.13. The number of hydrogen-bond acceptors (Lipinski definition) is 2. The van der Waals surface area contributed by atoms with Crippen LogP contribution >= 0.6 is 0 Å². The van der Waals surface area contributed by atoms with Crippen molar-refractivity contribution >= 4 is 6.08 Å². The molecule has 0 radical (unpaired) electrons. The number of pyridine rings is 2. The summed E-state index contributed by atoms with van der Waals surface area (Å²) in [6.07, 6.45) is 6.32. The molecule has 2 aromatic rings. The monoisotopic (exact) mass is 212 g/mol. The first kappa shape index (κ1) is 12.1. The van der Waals surface area contributed by atoms with Crippen LogP contribution in [0, 0.1) is 0 Å². The Kier molecular flexibility index (Phi) is 5.56. The van der Waals surface area contributed by atoms with Gasteiger partial charge < -0.3 is 0 Å². The molecule has 16 heavy (non-hydrogen) atoms. The van der Waals surface area contributed by atoms with Gasteiger partial charge in [-0.1, -0.05) is 25.6 Å². The van der Waals surface area contributed by atoms with Crippen LogP contribution in [0.2, 0.25) is 0 Å². The fourth-order valence-electron chi connectivity index (χ4n) is 1.10. The Morgan fingerprint density at radius 1 is 1.06 bits per heavy atom. The summed E-state index contributed by atoms with van der Waals surface area (Å²) in [5.74, 6) is 0. The molecule has 2 nitrogen and oxygen atoms in total. The van der Waals surface area contributed by atoms with Crippen LogP contribution in [0.3, 0.4) is 0 Å². The lowest BCUT2D eigenvalue weighted by molar-refractivity contribution is 1.04. The van der Waals surface area contributed by atoms with Crippen molar-refractivity contribution in [2.45, 2.75) is 13.3 Å². The summed E-state index contributed by atoms with van der Waals surface area (Å²) in [7, 11) is 0. The summed E-state index contributed by atoms with van der Waals surface area (Å²) >= 11 is 0. The van der Waals surface area contributed by atoms with Crippen molar-refractivity contribution in [2.75, 3.05) is 0 Å². The second kappa shape index (κ2) is 7.35. The molecule has 0 aromatic carbocycles. The van der Waals surface area contributed by atoms with E-state index in [4.69, 9.17) is 0 Å². The van der Waals surface area contributed by atoms with Gasteiger partial charge in [-0.3, -0.25) is 9.97 Å². The zero-order valence-electron chi connectivity index (χ0n) is 9.50. The average molecular weight is 212 g/mol. The van der Waals surface area contributed by atoms with Gasteiger partial charge >= 0.3 is 0 Å². The van der Waals surface area contributed by atoms with Gasteiger partial charge in [-0.25, -0.2) is 0 Å². The van der Waals surface area contributed by atoms with Crippen LogP contribution < -0.4 is 0 Å². The van der Waals surface area contributed by atoms with Crippen molar-refractivity contribution in [1.29, 1.82) is 0 Å². The molecule has 0 aliphatic rings. The third kappa shape index (κ3) is 4.51. The summed E-state index contributed by atoms with van der Waals surface area (Å²) < 4.78 is 0. The highest BCUT2D eigenvalue weighted by molar-refractivity contribution is 5.40. The Labute approximate surface area is 96.7 Å². The predicted octanol–water partition coefficient (Wildman–Crippen LogP) is 3.37. The first-order valence-corrected chi connectivity index (χ1v) is 5.30. The van der Waals surface area contributed by atoms with E-state index in [-0.39, 0.29) is 0 Å². The van der Waals surface area contributed by atoms with Crippen molar-refractivity contribution in [1.82, 2.24) is 9.97 Å². The number of nitrogens with zero attached hydrogens (tertiary/aromatic N) is 2. The van der Waals surface area contributed by atoms with Crippen molar-refractivity contribution in [3.05, 3.63) is 66.8 Å². The van der Waals surface area contributed by atoms with E-state index in [0.29, 0.717) is 0 Å². The zero-order chi connectivity index (χ0) is 11.6. The minimum atomic E-state index is 0.924. The van der Waals surface area contributed by atoms with Gasteiger partial charge in [0.2, 0.25) is 0 Å². The molecule has 2 heterocycles. The molecule has 2 aromatic heterocycles. The van der Waals surface area contributed by atoms with E-state index in [0.717, 1.165) is 17.8 Å². The van der Waals surface area contributed by atoms with Crippen LogP contribution in [-0.2, 0) is 6.42 Å². The Balaban J connectivity index is 0.000000160. The van der Waals surface area contributed by atoms with Crippen molar-refractivity contribution < 1.29 is 0 Å². The van der Waals surface area contributed by atoms with Crippen LogP contribution in [0.25, 0.3) is 6.08 Å². The van der Waals surface area contributed by atoms with Gasteiger partial charge in [0.1, 0.15) is 0 Å². The van der Waals surface area contributed by atoms with Crippen LogP contribution in [0.15, 0.2) is 55.4 Å². The Bertz CT molecular complexity index is 396. The first-order chi connectivity index (χ1) is 7.86. The maximum absolute atomic E-state index is 4.10. The third-order valence-corrected chi connectivity index (χ3v) is 1.99. The van der Waals surface area contributed by atoms with E-state index in [1.807, 2.05) is 42.6 Å². The van der Waals surface area contributed by atoms with Crippen molar-refractivity contribution in [3.63, 3.8) is 0 Å². The summed E-state index contributed by atoms with van der Waals surface area (Å²) in [4.78, 5) is 8.08. The first-order valence-electron chi connectivity index (χ1n) is 5.30. The van der Waals surface area contributed by atoms with E-state index in [1.54, 1.807) is 12.3 Å². The molecular weight excluding hydrogens is 196 g/mol. The van der Waals surface area contributed by atoms with Gasteiger partial charge in [0.15, 0.2) is 0 Å². The highest BCUT2D eigenvalue weighted by Gasteiger charge is 1.81. The third-order valence-electron chi connectivity index (χ3n) is 1.99. The highest BCUT2D eigenvalue weighted by Crippen LogP contribution is 1.92. The topological polar surface area (TPSA) is 25.8 Å². The largest absolute Gasteiger partial charge is 0.261 e. The molecule has 0 saturated carbocycles. The number of aromatic nitrogens is 2. The summed E-state index contributed by atoms with van der Waals surface area (Å²) in [6, 6.07) is 11.7. The molecule has 0 N–H and O–H groups in total. The normalized spacial score (nSPS) is 8.81. The van der Waals surface area contributed by atoms with Crippen LogP contribution in [0.5, 0.6) is 0 Å². The van der Waals surface area contributed by atoms with Crippen LogP contribution in [0.4, 0.5) is 0 Å². The molecule has 0 atom stereocenters. The van der Waals surface area contributed by atoms with Crippen molar-refractivity contribution in [3.8, 4) is 0 Å². The molecule has 82 valence electrons. The van der Waals surface area contributed by atoms with E-state index in [2.05, 4.69) is 23.5 Å². The number of hydrogen-bond donors (Lipinski definition) is 0. The lowest BCUT2D eigenvalue weighted by atomic mass is 10.3. The van der Waals surface area contributed by atoms with Crippen molar-refractivity contribution in [2.24, 2.45) is 0 Å². The van der Waals surface area contributed by atoms with Gasteiger partial charge in [0, 0.05) is 18.1 Å². The van der Waals surface area contributed by atoms with E-state index >= 15 is 0 Å². The molecule has 0 aliphatic heterocycles. The van der Waals surface area contributed by atoms with Gasteiger partial charge in [-0.15, -0.1) is 0 Å². The summed E-state index contributed by atoms with van der Waals surface area (Å²) in [5.41, 5.74) is 2.08. The fraction of sp³-hybridized carbons (Fsp3) is 0.143. The fourth-order valence-corrected chi connectivity index (χ4v) is 1.10. The molecule has 0 aliphatic carbocycles. The molecule has 2 rings (SSSR count). The molecule has 0 fully saturated rings. The van der Waals surface area contributed by atoms with Crippen LogP contribution in [-0.4, -0.2) is 9.97 Å². The second-order valence-electron chi connectivity index (χ2n) is 3.13. The Hall–Kier alpha value is -1.96. The molecule has 0 amide bonds. The van der Waals surface area contributed by atoms with Gasteiger partial charge in [0.05, 0.1) is 5.69 Å². The molecule has 0 saturated heterocycles. The minimum Gasteiger partial charge on any atom is -0.261 e. The molecule has 0 spiro atoms. The molecule has 0 bridgehead atoms. The van der Waals surface area contributed by atoms with E-state index < -0.39 is 0 Å². The van der Waals surface area contributed by atoms with Crippen LogP contribution in [0.1, 0.15) is 18.3 Å². The Morgan fingerprint density at radius 2 is 1.75 bits per heavy atom. The average Bonchev–Trinajstić information content (AvgIpc) is 2.41. The molecule has 0 unspecified atom stereocenters. The smallest absolute Gasteiger partial charge is 0.0623 e. The SMILES string of the molecule is C=Cc1ccccn1.CCc1ccccn1. The van der Waals surface area contributed by atoms with Gasteiger partial charge in [-0.05, 0) is 36.8 Å². The summed E-state index contributed by atoms with van der Waals surface area (Å²) in [5, 5.41) is 0. The lowest BCUT2D eigenvalue weighted by Crippen LogP contribution is -1.81. The number of rotatable bonds is 2. The quantitative estimate of drug-likeness (QED) is 0.762. The zero-order valence-corrected chi connectivity index (χ0v) is 9.50. The lowest BCUT2D eigenvalue weighted by Gasteiger charge is -1.88. The number of aryl methyl sites for hydroxylation is 1. The maximum atomic E-state index is 4.10. The van der Waals surface area contributed by atoms with E-state index in [9.17, 15) is 0 Å². The van der Waals surface area contributed by atoms with Gasteiger partial charge in [0.25, 0.3) is 0 Å². The molecule has 2 heteroatoms.